The number of rotatable bonds is 6. The second-order valence-electron chi connectivity index (χ2n) is 3.01. The van der Waals surface area contributed by atoms with Crippen molar-refractivity contribution in [3.05, 3.63) is 24.5 Å². The Morgan fingerprint density at radius 2 is 1.88 bits per heavy atom. The third-order valence-electron chi connectivity index (χ3n) is 1.50. The Morgan fingerprint density at radius 1 is 1.31 bits per heavy atom. The van der Waals surface area contributed by atoms with E-state index in [1.807, 2.05) is 0 Å². The summed E-state index contributed by atoms with van der Waals surface area (Å²) >= 11 is 0. The van der Waals surface area contributed by atoms with E-state index >= 15 is 0 Å². The van der Waals surface area contributed by atoms with Gasteiger partial charge in [-0.05, 0) is 12.8 Å². The molecule has 0 amide bonds. The van der Waals surface area contributed by atoms with E-state index in [1.54, 1.807) is 6.08 Å². The first-order chi connectivity index (χ1) is 7.45. The molecule has 0 fully saturated rings. The van der Waals surface area contributed by atoms with Crippen LogP contribution in [-0.4, -0.2) is 27.3 Å². The summed E-state index contributed by atoms with van der Waals surface area (Å²) in [4.78, 5) is 19.7. The molecule has 0 spiro atoms. The van der Waals surface area contributed by atoms with Crippen LogP contribution in [0.3, 0.4) is 0 Å². The van der Waals surface area contributed by atoms with Crippen molar-refractivity contribution in [2.24, 2.45) is 0 Å². The zero-order valence-electron chi connectivity index (χ0n) is 9.35. The van der Waals surface area contributed by atoms with Gasteiger partial charge in [0.05, 0.1) is 12.7 Å². The minimum absolute atomic E-state index is 0.303. The van der Waals surface area contributed by atoms with Gasteiger partial charge < -0.3 is 15.3 Å². The highest BCUT2D eigenvalue weighted by atomic mass is 16.4. The van der Waals surface area contributed by atoms with E-state index in [0.717, 1.165) is 12.7 Å². The molecule has 0 aromatic carbocycles. The Morgan fingerprint density at radius 3 is 2.12 bits per heavy atom. The molecule has 0 aliphatic heterocycles. The molecule has 0 atom stereocenters. The lowest BCUT2D eigenvalue weighted by atomic mass is 10.2. The number of hydrogen-bond donors (Lipinski definition) is 3. The highest BCUT2D eigenvalue weighted by Gasteiger charge is 2.07. The van der Waals surface area contributed by atoms with Gasteiger partial charge in [0.1, 0.15) is 0 Å². The largest absolute Gasteiger partial charge is 0.516 e. The molecule has 0 rings (SSSR count). The van der Waals surface area contributed by atoms with E-state index in [9.17, 15) is 9.59 Å². The van der Waals surface area contributed by atoms with Gasteiger partial charge in [0.2, 0.25) is 0 Å². The molecule has 3 N–H and O–H groups in total. The molecular weight excluding hydrogens is 212 g/mol. The molecule has 92 valence electrons. The fourth-order valence-corrected chi connectivity index (χ4v) is 0.655. The summed E-state index contributed by atoms with van der Waals surface area (Å²) in [5, 5.41) is 24.2. The second kappa shape index (κ2) is 11.3. The van der Waals surface area contributed by atoms with Crippen LogP contribution in [0.15, 0.2) is 24.5 Å². The van der Waals surface area contributed by atoms with E-state index in [2.05, 4.69) is 13.5 Å². The van der Waals surface area contributed by atoms with Crippen LogP contribution in [0.2, 0.25) is 0 Å². The van der Waals surface area contributed by atoms with Gasteiger partial charge in [0.15, 0.2) is 0 Å². The van der Waals surface area contributed by atoms with Crippen molar-refractivity contribution < 1.29 is 24.9 Å². The van der Waals surface area contributed by atoms with Gasteiger partial charge in [-0.2, -0.15) is 0 Å². The standard InChI is InChI=1S/C6H12O.C5H6O4/c1-2-3-4-5-6-7;1-3(5(8)9)2-4(6)7/h5-7H,2-4H2,1H3;1-2H2,(H,6,7)(H,8,9). The first-order valence-electron chi connectivity index (χ1n) is 4.87. The Balaban J connectivity index is 0. The number of aliphatic hydroxyl groups excluding tert-OH is 1. The molecule has 5 heteroatoms. The Bertz CT molecular complexity index is 255. The van der Waals surface area contributed by atoms with Gasteiger partial charge in [-0.3, -0.25) is 4.79 Å². The first-order valence-corrected chi connectivity index (χ1v) is 4.87. The molecule has 0 aliphatic rings. The number of carbonyl (C=O) groups is 2. The van der Waals surface area contributed by atoms with Crippen LogP contribution in [-0.2, 0) is 9.59 Å². The summed E-state index contributed by atoms with van der Waals surface area (Å²) in [6.07, 6.45) is 5.75. The number of carboxylic acid groups (broad SMARTS) is 2. The van der Waals surface area contributed by atoms with Crippen LogP contribution < -0.4 is 0 Å². The van der Waals surface area contributed by atoms with Crippen LogP contribution in [0.1, 0.15) is 32.6 Å². The maximum absolute atomic E-state index is 9.87. The molecule has 0 unspecified atom stereocenters. The average Bonchev–Trinajstić information content (AvgIpc) is 2.18. The normalized spacial score (nSPS) is 9.31. The van der Waals surface area contributed by atoms with Crippen LogP contribution in [0.25, 0.3) is 0 Å². The molecular formula is C11H18O5. The summed E-state index contributed by atoms with van der Waals surface area (Å²) in [6, 6.07) is 0. The van der Waals surface area contributed by atoms with Crippen molar-refractivity contribution in [2.45, 2.75) is 32.6 Å². The Kier molecular flexibility index (Phi) is 11.7. The quantitative estimate of drug-likeness (QED) is 0.370. The fourth-order valence-electron chi connectivity index (χ4n) is 0.655. The van der Waals surface area contributed by atoms with Gasteiger partial charge in [0, 0.05) is 5.57 Å². The highest BCUT2D eigenvalue weighted by Crippen LogP contribution is 1.95. The fraction of sp³-hybridized carbons (Fsp3) is 0.455. The lowest BCUT2D eigenvalue weighted by molar-refractivity contribution is -0.139. The number of aliphatic carboxylic acids is 2. The van der Waals surface area contributed by atoms with Crippen LogP contribution in [0, 0.1) is 0 Å². The first kappa shape index (κ1) is 16.6. The molecule has 0 aromatic heterocycles. The molecule has 0 saturated heterocycles. The number of allylic oxidation sites excluding steroid dienone is 1. The van der Waals surface area contributed by atoms with Gasteiger partial charge in [-0.25, -0.2) is 4.79 Å². The molecule has 0 saturated carbocycles. The maximum Gasteiger partial charge on any atom is 0.331 e. The van der Waals surface area contributed by atoms with Crippen molar-refractivity contribution in [3.8, 4) is 0 Å². The molecule has 16 heavy (non-hydrogen) atoms. The van der Waals surface area contributed by atoms with Crippen LogP contribution in [0.4, 0.5) is 0 Å². The minimum atomic E-state index is -1.27. The van der Waals surface area contributed by atoms with Crippen molar-refractivity contribution >= 4 is 11.9 Å². The SMILES string of the molecule is C=C(CC(=O)O)C(=O)O.CCCCC=CO. The van der Waals surface area contributed by atoms with Crippen LogP contribution in [0.5, 0.6) is 0 Å². The average molecular weight is 230 g/mol. The topological polar surface area (TPSA) is 94.8 Å². The lowest BCUT2D eigenvalue weighted by Crippen LogP contribution is -2.04. The highest BCUT2D eigenvalue weighted by molar-refractivity contribution is 5.91. The van der Waals surface area contributed by atoms with E-state index in [-0.39, 0.29) is 5.57 Å². The summed E-state index contributed by atoms with van der Waals surface area (Å²) < 4.78 is 0. The number of unbranched alkanes of at least 4 members (excludes halogenated alkanes) is 2. The molecule has 0 aliphatic carbocycles. The van der Waals surface area contributed by atoms with Crippen molar-refractivity contribution in [1.29, 1.82) is 0 Å². The van der Waals surface area contributed by atoms with Gasteiger partial charge in [0.25, 0.3) is 0 Å². The Hall–Kier alpha value is -1.78. The third kappa shape index (κ3) is 14.7. The van der Waals surface area contributed by atoms with Crippen molar-refractivity contribution in [2.75, 3.05) is 0 Å². The maximum atomic E-state index is 9.87. The van der Waals surface area contributed by atoms with E-state index in [4.69, 9.17) is 15.3 Å². The molecule has 0 aromatic rings. The summed E-state index contributed by atoms with van der Waals surface area (Å²) in [7, 11) is 0. The molecule has 0 radical (unpaired) electrons. The Labute approximate surface area is 94.7 Å². The second-order valence-corrected chi connectivity index (χ2v) is 3.01. The van der Waals surface area contributed by atoms with Crippen LogP contribution >= 0.6 is 0 Å². The van der Waals surface area contributed by atoms with E-state index in [0.29, 0.717) is 0 Å². The van der Waals surface area contributed by atoms with Gasteiger partial charge in [-0.15, -0.1) is 0 Å². The zero-order valence-corrected chi connectivity index (χ0v) is 9.35. The lowest BCUT2D eigenvalue weighted by Gasteiger charge is -1.91. The molecule has 0 bridgehead atoms. The van der Waals surface area contributed by atoms with E-state index in [1.165, 1.54) is 12.8 Å². The molecule has 0 heterocycles. The predicted molar refractivity (Wildman–Crippen MR) is 60.3 cm³/mol. The van der Waals surface area contributed by atoms with E-state index < -0.39 is 18.4 Å². The minimum Gasteiger partial charge on any atom is -0.516 e. The molecule has 5 nitrogen and oxygen atoms in total. The summed E-state index contributed by atoms with van der Waals surface area (Å²) in [5.74, 6) is -2.44. The number of carboxylic acids is 2. The monoisotopic (exact) mass is 230 g/mol. The summed E-state index contributed by atoms with van der Waals surface area (Å²) in [5.41, 5.74) is -0.303. The summed E-state index contributed by atoms with van der Waals surface area (Å²) in [6.45, 7) is 5.14. The van der Waals surface area contributed by atoms with Gasteiger partial charge >= 0.3 is 11.9 Å². The van der Waals surface area contributed by atoms with Crippen molar-refractivity contribution in [3.63, 3.8) is 0 Å². The number of hydrogen-bond acceptors (Lipinski definition) is 3. The zero-order chi connectivity index (χ0) is 13.0. The smallest absolute Gasteiger partial charge is 0.331 e. The predicted octanol–water partition coefficient (Wildman–Crippen LogP) is 2.35. The van der Waals surface area contributed by atoms with Crippen molar-refractivity contribution in [1.82, 2.24) is 0 Å². The van der Waals surface area contributed by atoms with Gasteiger partial charge in [-0.1, -0.05) is 26.0 Å². The number of aliphatic hydroxyl groups is 1. The third-order valence-corrected chi connectivity index (χ3v) is 1.50.